The number of hydrogen-bond acceptors (Lipinski definition) is 6. The van der Waals surface area contributed by atoms with Gasteiger partial charge in [-0.2, -0.15) is 0 Å². The van der Waals surface area contributed by atoms with Crippen LogP contribution in [0.25, 0.3) is 0 Å². The van der Waals surface area contributed by atoms with E-state index in [1.54, 1.807) is 30.4 Å². The van der Waals surface area contributed by atoms with Crippen LogP contribution in [0.1, 0.15) is 32.1 Å². The van der Waals surface area contributed by atoms with E-state index in [2.05, 4.69) is 30.5 Å². The third kappa shape index (κ3) is 7.15. The van der Waals surface area contributed by atoms with Crippen LogP contribution in [-0.4, -0.2) is 98.0 Å². The fourth-order valence-corrected chi connectivity index (χ4v) is 4.52. The molecular formula is C22H37IN8O2. The molecule has 0 radical (unpaired) electrons. The van der Waals surface area contributed by atoms with Crippen molar-refractivity contribution < 1.29 is 9.59 Å². The maximum atomic E-state index is 12.7. The normalized spacial score (nSPS) is 17.8. The Balaban J connectivity index is 0.00000385. The van der Waals surface area contributed by atoms with Crippen molar-refractivity contribution in [3.63, 3.8) is 0 Å². The average Bonchev–Trinajstić information content (AvgIpc) is 3.31. The Morgan fingerprint density at radius 1 is 1.09 bits per heavy atom. The van der Waals surface area contributed by atoms with Crippen molar-refractivity contribution in [2.45, 2.75) is 32.1 Å². The van der Waals surface area contributed by atoms with E-state index in [1.807, 2.05) is 19.0 Å². The molecule has 2 amide bonds. The van der Waals surface area contributed by atoms with E-state index in [0.29, 0.717) is 44.5 Å². The molecule has 33 heavy (non-hydrogen) atoms. The largest absolute Gasteiger partial charge is 0.356 e. The number of halogens is 1. The molecule has 0 aromatic carbocycles. The van der Waals surface area contributed by atoms with Crippen LogP contribution in [0.15, 0.2) is 23.5 Å². The van der Waals surface area contributed by atoms with Gasteiger partial charge < -0.3 is 25.3 Å². The molecule has 1 aliphatic carbocycles. The van der Waals surface area contributed by atoms with Crippen LogP contribution in [0.5, 0.6) is 0 Å². The van der Waals surface area contributed by atoms with E-state index in [-0.39, 0.29) is 41.2 Å². The number of nitrogens with zero attached hydrogens (tertiary/aromatic N) is 6. The van der Waals surface area contributed by atoms with E-state index in [1.165, 1.54) is 0 Å². The number of carbonyl (C=O) groups excluding carboxylic acids is 2. The Morgan fingerprint density at radius 3 is 2.30 bits per heavy atom. The Bertz CT molecular complexity index is 791. The van der Waals surface area contributed by atoms with E-state index >= 15 is 0 Å². The van der Waals surface area contributed by atoms with Gasteiger partial charge >= 0.3 is 0 Å². The second-order valence-electron chi connectivity index (χ2n) is 8.71. The summed E-state index contributed by atoms with van der Waals surface area (Å²) in [6.45, 7) is 3.84. The van der Waals surface area contributed by atoms with Gasteiger partial charge in [-0.05, 0) is 18.9 Å². The van der Waals surface area contributed by atoms with Gasteiger partial charge in [-0.25, -0.2) is 9.97 Å². The van der Waals surface area contributed by atoms with Gasteiger partial charge in [0.15, 0.2) is 5.96 Å². The van der Waals surface area contributed by atoms with Gasteiger partial charge in [0.2, 0.25) is 17.8 Å². The van der Waals surface area contributed by atoms with Gasteiger partial charge in [0.05, 0.1) is 5.41 Å². The van der Waals surface area contributed by atoms with E-state index in [4.69, 9.17) is 0 Å². The number of aliphatic imine (C=N–C) groups is 1. The smallest absolute Gasteiger partial charge is 0.230 e. The third-order valence-electron chi connectivity index (χ3n) is 6.34. The Hall–Kier alpha value is -2.18. The van der Waals surface area contributed by atoms with Crippen LogP contribution in [0.4, 0.5) is 5.95 Å². The summed E-state index contributed by atoms with van der Waals surface area (Å²) >= 11 is 0. The lowest BCUT2D eigenvalue weighted by molar-refractivity contribution is -0.138. The second kappa shape index (κ2) is 12.9. The van der Waals surface area contributed by atoms with Crippen molar-refractivity contribution in [3.8, 4) is 0 Å². The highest BCUT2D eigenvalue weighted by Crippen LogP contribution is 2.38. The number of anilines is 1. The summed E-state index contributed by atoms with van der Waals surface area (Å²) in [5, 5.41) is 6.53. The summed E-state index contributed by atoms with van der Waals surface area (Å²) in [5.74, 6) is 1.63. The summed E-state index contributed by atoms with van der Waals surface area (Å²) < 4.78 is 0. The SMILES string of the molecule is CN=C(NCCC(=O)N1CCN(c2ncccn2)CC1)NCC1(C(=O)N(C)C)CCCC1.I. The van der Waals surface area contributed by atoms with Gasteiger partial charge in [0.1, 0.15) is 0 Å². The highest BCUT2D eigenvalue weighted by molar-refractivity contribution is 14.0. The minimum absolute atomic E-state index is 0. The van der Waals surface area contributed by atoms with Gasteiger partial charge in [-0.1, -0.05) is 12.8 Å². The molecule has 11 heteroatoms. The molecule has 1 aromatic heterocycles. The number of hydrogen-bond donors (Lipinski definition) is 2. The molecule has 2 fully saturated rings. The number of rotatable bonds is 7. The molecule has 0 atom stereocenters. The Labute approximate surface area is 213 Å². The number of piperazine rings is 1. The van der Waals surface area contributed by atoms with Crippen LogP contribution in [0, 0.1) is 5.41 Å². The summed E-state index contributed by atoms with van der Waals surface area (Å²) in [4.78, 5) is 43.8. The zero-order chi connectivity index (χ0) is 23.0. The first-order valence-corrected chi connectivity index (χ1v) is 11.4. The molecular weight excluding hydrogens is 535 g/mol. The van der Waals surface area contributed by atoms with Crippen LogP contribution in [0.3, 0.4) is 0 Å². The first kappa shape index (κ1) is 27.1. The maximum Gasteiger partial charge on any atom is 0.230 e. The van der Waals surface area contributed by atoms with Crippen LogP contribution < -0.4 is 15.5 Å². The van der Waals surface area contributed by atoms with Crippen LogP contribution >= 0.6 is 24.0 Å². The monoisotopic (exact) mass is 572 g/mol. The molecule has 2 aliphatic rings. The first-order valence-electron chi connectivity index (χ1n) is 11.4. The lowest BCUT2D eigenvalue weighted by Gasteiger charge is -2.34. The molecule has 2 N–H and O–H groups in total. The van der Waals surface area contributed by atoms with Gasteiger partial charge in [0, 0.05) is 79.2 Å². The number of nitrogens with one attached hydrogen (secondary N) is 2. The maximum absolute atomic E-state index is 12.7. The van der Waals surface area contributed by atoms with Crippen molar-refractivity contribution in [1.82, 2.24) is 30.4 Å². The standard InChI is InChI=1S/C22H36N8O2.HI/c1-23-20(27-17-22(8-4-5-9-22)19(32)28(2)3)24-12-7-18(31)29-13-15-30(16-14-29)21-25-10-6-11-26-21;/h6,10-11H,4-5,7-9,12-17H2,1-3H3,(H2,23,24,27);1H. The van der Waals surface area contributed by atoms with Crippen molar-refractivity contribution in [3.05, 3.63) is 18.5 Å². The highest BCUT2D eigenvalue weighted by atomic mass is 127. The molecule has 0 spiro atoms. The molecule has 2 heterocycles. The van der Waals surface area contributed by atoms with Gasteiger partial charge in [-0.15, -0.1) is 24.0 Å². The van der Waals surface area contributed by atoms with E-state index < -0.39 is 0 Å². The fourth-order valence-electron chi connectivity index (χ4n) is 4.52. The molecule has 0 unspecified atom stereocenters. The first-order chi connectivity index (χ1) is 15.4. The minimum Gasteiger partial charge on any atom is -0.356 e. The van der Waals surface area contributed by atoms with Crippen LogP contribution in [-0.2, 0) is 9.59 Å². The average molecular weight is 572 g/mol. The predicted molar refractivity (Wildman–Crippen MR) is 140 cm³/mol. The van der Waals surface area contributed by atoms with Gasteiger partial charge in [0.25, 0.3) is 0 Å². The van der Waals surface area contributed by atoms with E-state index in [0.717, 1.165) is 38.8 Å². The minimum atomic E-state index is -0.362. The zero-order valence-electron chi connectivity index (χ0n) is 19.9. The van der Waals surface area contributed by atoms with Crippen molar-refractivity contribution in [2.24, 2.45) is 10.4 Å². The number of amides is 2. The van der Waals surface area contributed by atoms with Crippen molar-refractivity contribution in [2.75, 3.05) is 65.3 Å². The summed E-state index contributed by atoms with van der Waals surface area (Å²) in [6.07, 6.45) is 7.80. The van der Waals surface area contributed by atoms with Gasteiger partial charge in [-0.3, -0.25) is 14.6 Å². The lowest BCUT2D eigenvalue weighted by Crippen LogP contribution is -2.51. The number of aromatic nitrogens is 2. The molecule has 1 saturated heterocycles. The highest BCUT2D eigenvalue weighted by Gasteiger charge is 2.42. The van der Waals surface area contributed by atoms with Crippen molar-refractivity contribution >= 4 is 47.7 Å². The number of carbonyl (C=O) groups is 2. The topological polar surface area (TPSA) is 106 Å². The summed E-state index contributed by atoms with van der Waals surface area (Å²) in [7, 11) is 5.33. The molecule has 3 rings (SSSR count). The Morgan fingerprint density at radius 2 is 1.73 bits per heavy atom. The number of guanidine groups is 1. The molecule has 0 bridgehead atoms. The summed E-state index contributed by atoms with van der Waals surface area (Å²) in [5.41, 5.74) is -0.362. The summed E-state index contributed by atoms with van der Waals surface area (Å²) in [6, 6.07) is 1.80. The second-order valence-corrected chi connectivity index (χ2v) is 8.71. The predicted octanol–water partition coefficient (Wildman–Crippen LogP) is 0.947. The molecule has 1 aliphatic heterocycles. The van der Waals surface area contributed by atoms with Crippen LogP contribution in [0.2, 0.25) is 0 Å². The molecule has 1 saturated carbocycles. The lowest BCUT2D eigenvalue weighted by atomic mass is 9.84. The Kier molecular flexibility index (Phi) is 10.6. The molecule has 184 valence electrons. The van der Waals surface area contributed by atoms with E-state index in [9.17, 15) is 9.59 Å². The zero-order valence-corrected chi connectivity index (χ0v) is 22.2. The third-order valence-corrected chi connectivity index (χ3v) is 6.34. The molecule has 10 nitrogen and oxygen atoms in total. The fraction of sp³-hybridized carbons (Fsp3) is 0.682. The molecule has 1 aromatic rings. The van der Waals surface area contributed by atoms with Crippen molar-refractivity contribution in [1.29, 1.82) is 0 Å². The quantitative estimate of drug-likeness (QED) is 0.285.